The summed E-state index contributed by atoms with van der Waals surface area (Å²) in [5, 5.41) is 0. The van der Waals surface area contributed by atoms with E-state index in [1.807, 2.05) is 0 Å². The van der Waals surface area contributed by atoms with Gasteiger partial charge in [-0.15, -0.1) is 0 Å². The zero-order valence-corrected chi connectivity index (χ0v) is 9.59. The molecule has 0 N–H and O–H groups in total. The highest BCUT2D eigenvalue weighted by molar-refractivity contribution is 4.95. The van der Waals surface area contributed by atoms with Gasteiger partial charge in [-0.05, 0) is 0 Å². The minimum absolute atomic E-state index is 0. The number of rotatable bonds is 6. The smallest absolute Gasteiger partial charge is 0.146 e. The van der Waals surface area contributed by atoms with Crippen molar-refractivity contribution in [3.8, 4) is 0 Å². The van der Waals surface area contributed by atoms with Crippen LogP contribution in [0.15, 0.2) is 0 Å². The van der Waals surface area contributed by atoms with Crippen molar-refractivity contribution in [2.75, 3.05) is 41.0 Å². The minimum Gasteiger partial charge on any atom is -0.370 e. The monoisotopic (exact) mass is 394 g/mol. The molecule has 26 heavy (non-hydrogen) atoms. The number of methoxy groups -OCH3 is 2. The summed E-state index contributed by atoms with van der Waals surface area (Å²) in [5.74, 6) is 0. The molecule has 0 aromatic carbocycles. The van der Waals surface area contributed by atoms with Crippen molar-refractivity contribution in [2.24, 2.45) is 0 Å². The zero-order valence-electron chi connectivity index (χ0n) is 9.59. The molecule has 2 fully saturated rings. The van der Waals surface area contributed by atoms with Crippen molar-refractivity contribution in [1.29, 1.82) is 0 Å². The Hall–Kier alpha value is -0.240. The maximum Gasteiger partial charge on any atom is 0.146 e. The summed E-state index contributed by atoms with van der Waals surface area (Å²) >= 11 is 0. The van der Waals surface area contributed by atoms with E-state index in [-0.39, 0.29) is 112 Å². The number of fused-ring (bicyclic) bond motifs is 1. The second-order valence-electron chi connectivity index (χ2n) is 3.82. The third-order valence-corrected chi connectivity index (χ3v) is 2.76. The first-order valence-corrected chi connectivity index (χ1v) is 5.31. The van der Waals surface area contributed by atoms with Crippen LogP contribution in [-0.4, -0.2) is 65.4 Å². The molecule has 6 heteroatoms. The lowest BCUT2D eigenvalue weighted by Gasteiger charge is -2.16. The van der Waals surface area contributed by atoms with E-state index in [0.29, 0.717) is 13.2 Å². The van der Waals surface area contributed by atoms with Crippen LogP contribution in [0.2, 0.25) is 0 Å². The standard InChI is InChI=1S/C10H18O6.10CH4/c1-11-5-15-7-3-13-10-8(16-6-12-2)4-14-9(7)10;;;;;;;;;;/h7-10H,3-6H2,1-2H3;10*1H4/t7-,8-,9+,10+;;;;;;;;;;/m0........../s1. The molecule has 0 aromatic rings. The van der Waals surface area contributed by atoms with E-state index in [4.69, 9.17) is 28.4 Å². The molecule has 0 aromatic heterocycles. The van der Waals surface area contributed by atoms with Gasteiger partial charge >= 0.3 is 0 Å². The van der Waals surface area contributed by atoms with Crippen LogP contribution in [0.5, 0.6) is 0 Å². The Morgan fingerprint density at radius 2 is 0.846 bits per heavy atom. The molecule has 2 aliphatic rings. The van der Waals surface area contributed by atoms with Gasteiger partial charge in [-0.25, -0.2) is 0 Å². The summed E-state index contributed by atoms with van der Waals surface area (Å²) in [6, 6.07) is 0. The van der Waals surface area contributed by atoms with E-state index in [1.54, 1.807) is 14.2 Å². The van der Waals surface area contributed by atoms with Crippen molar-refractivity contribution in [3.05, 3.63) is 0 Å². The first kappa shape index (κ1) is 56.2. The van der Waals surface area contributed by atoms with Gasteiger partial charge in [0.25, 0.3) is 0 Å². The lowest BCUT2D eigenvalue weighted by Crippen LogP contribution is -2.34. The number of ether oxygens (including phenoxy) is 6. The molecule has 0 amide bonds. The molecule has 2 rings (SSSR count). The normalized spacial score (nSPS) is 23.3. The predicted molar refractivity (Wildman–Crippen MR) is 120 cm³/mol. The van der Waals surface area contributed by atoms with Crippen molar-refractivity contribution >= 4 is 0 Å². The molecule has 0 bridgehead atoms. The Kier molecular flexibility index (Phi) is 63.8. The van der Waals surface area contributed by atoms with Crippen LogP contribution in [-0.2, 0) is 28.4 Å². The van der Waals surface area contributed by atoms with Crippen LogP contribution < -0.4 is 0 Å². The van der Waals surface area contributed by atoms with E-state index in [1.165, 1.54) is 0 Å². The SMILES string of the molecule is C.C.C.C.C.C.C.C.C.C.COCO[C@H]1CO[C@H]2[C@@H]1OC[C@@H]2OCOC. The van der Waals surface area contributed by atoms with Crippen LogP contribution in [0.1, 0.15) is 74.3 Å². The number of hydrogen-bond donors (Lipinski definition) is 0. The Labute approximate surface area is 168 Å². The van der Waals surface area contributed by atoms with Crippen molar-refractivity contribution < 1.29 is 28.4 Å². The molecule has 0 aliphatic carbocycles. The molecule has 2 heterocycles. The average Bonchev–Trinajstić information content (AvgIpc) is 2.86. The minimum atomic E-state index is -0.0684. The third-order valence-electron chi connectivity index (χ3n) is 2.76. The summed E-state index contributed by atoms with van der Waals surface area (Å²) < 4.78 is 31.9. The highest BCUT2D eigenvalue weighted by Gasteiger charge is 2.48. The van der Waals surface area contributed by atoms with Gasteiger partial charge in [-0.1, -0.05) is 74.3 Å². The summed E-state index contributed by atoms with van der Waals surface area (Å²) in [5.41, 5.74) is 0. The van der Waals surface area contributed by atoms with Gasteiger partial charge in [0, 0.05) is 14.2 Å². The van der Waals surface area contributed by atoms with E-state index in [0.717, 1.165) is 0 Å². The molecule has 0 spiro atoms. The van der Waals surface area contributed by atoms with Gasteiger partial charge in [0.05, 0.1) is 13.2 Å². The summed E-state index contributed by atoms with van der Waals surface area (Å²) in [6.07, 6.45) is -0.254. The molecule has 2 aliphatic heterocycles. The molecule has 0 saturated carbocycles. The van der Waals surface area contributed by atoms with Crippen LogP contribution in [0.25, 0.3) is 0 Å². The average molecular weight is 395 g/mol. The van der Waals surface area contributed by atoms with Crippen LogP contribution in [0.4, 0.5) is 0 Å². The largest absolute Gasteiger partial charge is 0.370 e. The van der Waals surface area contributed by atoms with Gasteiger partial charge in [0.15, 0.2) is 0 Å². The fraction of sp³-hybridized carbons (Fsp3) is 1.00. The van der Waals surface area contributed by atoms with Crippen molar-refractivity contribution in [2.45, 2.75) is 98.7 Å². The third kappa shape index (κ3) is 13.9. The fourth-order valence-corrected chi connectivity index (χ4v) is 2.03. The molecule has 4 atom stereocenters. The zero-order chi connectivity index (χ0) is 11.4. The fourth-order valence-electron chi connectivity index (χ4n) is 2.03. The maximum atomic E-state index is 5.61. The van der Waals surface area contributed by atoms with Crippen molar-refractivity contribution in [1.82, 2.24) is 0 Å². The Morgan fingerprint density at radius 3 is 1.08 bits per heavy atom. The second kappa shape index (κ2) is 29.5. The lowest BCUT2D eigenvalue weighted by atomic mass is 10.1. The van der Waals surface area contributed by atoms with Crippen LogP contribution in [0.3, 0.4) is 0 Å². The maximum absolute atomic E-state index is 5.61. The first-order valence-electron chi connectivity index (χ1n) is 5.31. The summed E-state index contributed by atoms with van der Waals surface area (Å²) in [7, 11) is 3.18. The molecule has 2 saturated heterocycles. The number of hydrogen-bond acceptors (Lipinski definition) is 6. The van der Waals surface area contributed by atoms with Crippen LogP contribution >= 0.6 is 0 Å². The predicted octanol–water partition coefficient (Wildman–Crippen LogP) is 6.12. The topological polar surface area (TPSA) is 55.4 Å². The van der Waals surface area contributed by atoms with Gasteiger partial charge < -0.3 is 28.4 Å². The highest BCUT2D eigenvalue weighted by atomic mass is 16.7. The Bertz CT molecular complexity index is 194. The Morgan fingerprint density at radius 1 is 0.577 bits per heavy atom. The van der Waals surface area contributed by atoms with E-state index in [2.05, 4.69) is 0 Å². The van der Waals surface area contributed by atoms with Gasteiger partial charge in [0.1, 0.15) is 38.0 Å². The molecular weight excluding hydrogens is 336 g/mol. The van der Waals surface area contributed by atoms with Crippen LogP contribution in [0, 0.1) is 0 Å². The molecular formula is C20H58O6. The van der Waals surface area contributed by atoms with Gasteiger partial charge in [-0.3, -0.25) is 0 Å². The van der Waals surface area contributed by atoms with Crippen molar-refractivity contribution in [3.63, 3.8) is 0 Å². The first-order chi connectivity index (χ1) is 7.86. The molecule has 0 radical (unpaired) electrons. The lowest BCUT2D eigenvalue weighted by molar-refractivity contribution is -0.118. The summed E-state index contributed by atoms with van der Waals surface area (Å²) in [6.45, 7) is 1.55. The second-order valence-corrected chi connectivity index (χ2v) is 3.82. The van der Waals surface area contributed by atoms with E-state index >= 15 is 0 Å². The van der Waals surface area contributed by atoms with Gasteiger partial charge in [-0.2, -0.15) is 0 Å². The van der Waals surface area contributed by atoms with E-state index < -0.39 is 0 Å². The highest BCUT2D eigenvalue weighted by Crippen LogP contribution is 2.30. The molecule has 0 unspecified atom stereocenters. The Balaban J connectivity index is -0.0000000413. The quantitative estimate of drug-likeness (QED) is 0.506. The molecule has 174 valence electrons. The summed E-state index contributed by atoms with van der Waals surface area (Å²) in [4.78, 5) is 0. The molecule has 6 nitrogen and oxygen atoms in total. The van der Waals surface area contributed by atoms with E-state index in [9.17, 15) is 0 Å². The van der Waals surface area contributed by atoms with Gasteiger partial charge in [0.2, 0.25) is 0 Å².